The first-order chi connectivity index (χ1) is 17.4. The molecule has 36 heavy (non-hydrogen) atoms. The summed E-state index contributed by atoms with van der Waals surface area (Å²) < 4.78 is 38.7. The lowest BCUT2D eigenvalue weighted by Gasteiger charge is -2.29. The van der Waals surface area contributed by atoms with E-state index >= 15 is 4.39 Å². The van der Waals surface area contributed by atoms with Crippen molar-refractivity contribution in [1.29, 1.82) is 5.26 Å². The quantitative estimate of drug-likeness (QED) is 0.423. The van der Waals surface area contributed by atoms with Crippen LogP contribution in [0.15, 0.2) is 41.6 Å². The fourth-order valence-electron chi connectivity index (χ4n) is 4.76. The molecule has 2 atom stereocenters. The predicted octanol–water partition coefficient (Wildman–Crippen LogP) is 4.38. The minimum absolute atomic E-state index is 0.0561. The molecule has 2 fully saturated rings. The smallest absolute Gasteiger partial charge is 0.294 e. The van der Waals surface area contributed by atoms with E-state index in [9.17, 15) is 9.18 Å². The van der Waals surface area contributed by atoms with Gasteiger partial charge >= 0.3 is 0 Å². The second-order valence-electron chi connectivity index (χ2n) is 9.40. The largest absolute Gasteiger partial charge is 0.373 e. The van der Waals surface area contributed by atoms with Crippen molar-refractivity contribution >= 4 is 5.65 Å². The maximum absolute atomic E-state index is 15.1. The summed E-state index contributed by atoms with van der Waals surface area (Å²) >= 11 is 0. The summed E-state index contributed by atoms with van der Waals surface area (Å²) in [4.78, 5) is 21.8. The van der Waals surface area contributed by atoms with Crippen LogP contribution < -0.4 is 5.56 Å². The summed E-state index contributed by atoms with van der Waals surface area (Å²) in [5.74, 6) is -1.75. The minimum Gasteiger partial charge on any atom is -0.373 e. The highest BCUT2D eigenvalue weighted by molar-refractivity contribution is 5.74. The number of rotatable bonds is 4. The van der Waals surface area contributed by atoms with Gasteiger partial charge in [0.2, 0.25) is 5.82 Å². The fourth-order valence-corrected chi connectivity index (χ4v) is 4.76. The molecule has 1 saturated heterocycles. The Labute approximate surface area is 204 Å². The molecule has 0 N–H and O–H groups in total. The molecule has 8 nitrogen and oxygen atoms in total. The molecule has 4 aromatic rings. The lowest BCUT2D eigenvalue weighted by atomic mass is 9.90. The Kier molecular flexibility index (Phi) is 5.38. The number of hydrogen-bond acceptors (Lipinski definition) is 6. The van der Waals surface area contributed by atoms with Gasteiger partial charge in [0.05, 0.1) is 41.4 Å². The molecule has 0 radical (unpaired) electrons. The van der Waals surface area contributed by atoms with Crippen LogP contribution in [0.4, 0.5) is 8.78 Å². The van der Waals surface area contributed by atoms with Gasteiger partial charge < -0.3 is 4.74 Å². The average molecular weight is 488 g/mol. The van der Waals surface area contributed by atoms with Crippen molar-refractivity contribution in [3.63, 3.8) is 0 Å². The van der Waals surface area contributed by atoms with Gasteiger partial charge in [-0.05, 0) is 50.8 Å². The maximum Gasteiger partial charge on any atom is 0.294 e. The zero-order valence-electron chi connectivity index (χ0n) is 19.5. The number of aromatic nitrogens is 5. The van der Waals surface area contributed by atoms with E-state index in [0.29, 0.717) is 31.2 Å². The molecule has 0 spiro atoms. The summed E-state index contributed by atoms with van der Waals surface area (Å²) in [6.07, 6.45) is 8.62. The van der Waals surface area contributed by atoms with Crippen LogP contribution in [-0.2, 0) is 4.74 Å². The Morgan fingerprint density at radius 3 is 2.75 bits per heavy atom. The van der Waals surface area contributed by atoms with Crippen molar-refractivity contribution in [3.05, 3.63) is 81.3 Å². The third-order valence-corrected chi connectivity index (χ3v) is 6.91. The molecule has 1 saturated carbocycles. The summed E-state index contributed by atoms with van der Waals surface area (Å²) in [5.41, 5.74) is 0.959. The maximum atomic E-state index is 15.1. The molecule has 1 aliphatic carbocycles. The first-order valence-corrected chi connectivity index (χ1v) is 11.9. The van der Waals surface area contributed by atoms with Crippen molar-refractivity contribution in [3.8, 4) is 17.3 Å². The van der Waals surface area contributed by atoms with Crippen LogP contribution in [-0.4, -0.2) is 30.8 Å². The van der Waals surface area contributed by atoms with Gasteiger partial charge in [-0.15, -0.1) is 0 Å². The van der Waals surface area contributed by atoms with Gasteiger partial charge in [-0.3, -0.25) is 13.9 Å². The van der Waals surface area contributed by atoms with E-state index in [2.05, 4.69) is 10.1 Å². The van der Waals surface area contributed by atoms with Crippen LogP contribution >= 0.6 is 0 Å². The summed E-state index contributed by atoms with van der Waals surface area (Å²) in [7, 11) is 0. The molecule has 2 aliphatic rings. The van der Waals surface area contributed by atoms with E-state index in [-0.39, 0.29) is 40.2 Å². The number of halogens is 2. The summed E-state index contributed by atoms with van der Waals surface area (Å²) in [5, 5.41) is 13.6. The highest BCUT2D eigenvalue weighted by Gasteiger charge is 2.30. The van der Waals surface area contributed by atoms with Gasteiger partial charge in [0, 0.05) is 36.0 Å². The summed E-state index contributed by atoms with van der Waals surface area (Å²) in [6.45, 7) is 1.86. The predicted molar refractivity (Wildman–Crippen MR) is 125 cm³/mol. The van der Waals surface area contributed by atoms with Crippen molar-refractivity contribution in [2.24, 2.45) is 0 Å². The van der Waals surface area contributed by atoms with Crippen LogP contribution in [0.2, 0.25) is 0 Å². The lowest BCUT2D eigenvalue weighted by molar-refractivity contribution is 0.00454. The molecule has 4 heterocycles. The van der Waals surface area contributed by atoms with E-state index in [4.69, 9.17) is 15.0 Å². The van der Waals surface area contributed by atoms with E-state index < -0.39 is 17.2 Å². The number of hydrogen-bond donors (Lipinski definition) is 0. The number of fused-ring (bicyclic) bond motifs is 1. The van der Waals surface area contributed by atoms with Crippen molar-refractivity contribution in [2.75, 3.05) is 6.61 Å². The zero-order valence-corrected chi connectivity index (χ0v) is 19.5. The lowest BCUT2D eigenvalue weighted by Crippen LogP contribution is -2.24. The van der Waals surface area contributed by atoms with Crippen LogP contribution in [0, 0.1) is 29.9 Å². The van der Waals surface area contributed by atoms with Gasteiger partial charge in [-0.1, -0.05) is 0 Å². The summed E-state index contributed by atoms with van der Waals surface area (Å²) in [6, 6.07) is 6.38. The van der Waals surface area contributed by atoms with Crippen LogP contribution in [0.5, 0.6) is 0 Å². The van der Waals surface area contributed by atoms with Gasteiger partial charge in [-0.2, -0.15) is 14.8 Å². The Bertz CT molecular complexity index is 1600. The highest BCUT2D eigenvalue weighted by Crippen LogP contribution is 2.40. The van der Waals surface area contributed by atoms with Crippen LogP contribution in [0.25, 0.3) is 16.9 Å². The Morgan fingerprint density at radius 1 is 1.17 bits per heavy atom. The number of benzene rings is 1. The number of nitriles is 1. The molecule has 0 unspecified atom stereocenters. The first kappa shape index (κ1) is 22.5. The average Bonchev–Trinajstić information content (AvgIpc) is 3.63. The molecular formula is C26H22F2N6O2. The molecule has 3 aromatic heterocycles. The Balaban J connectivity index is 1.45. The second kappa shape index (κ2) is 8.60. The fraction of sp³-hybridized carbons (Fsp3) is 0.346. The van der Waals surface area contributed by atoms with Gasteiger partial charge in [-0.25, -0.2) is 14.4 Å². The normalized spacial score (nSPS) is 19.9. The van der Waals surface area contributed by atoms with E-state index in [1.807, 2.05) is 23.1 Å². The van der Waals surface area contributed by atoms with Crippen molar-refractivity contribution in [1.82, 2.24) is 24.1 Å². The van der Waals surface area contributed by atoms with Gasteiger partial charge in [0.25, 0.3) is 5.56 Å². The monoisotopic (exact) mass is 488 g/mol. The molecule has 1 aliphatic heterocycles. The zero-order chi connectivity index (χ0) is 25.0. The SMILES string of the molecule is Cc1nc2c(-c3ccc(C#N)cc3F)nc([C@@H]3CCO[C@H](c4cnn(C5CC5)c4)C3)cn2c(=O)c1F. The molecule has 6 rings (SSSR count). The number of nitrogens with zero attached hydrogens (tertiary/aromatic N) is 6. The molecule has 0 amide bonds. The third-order valence-electron chi connectivity index (χ3n) is 6.91. The van der Waals surface area contributed by atoms with E-state index in [1.165, 1.54) is 25.3 Å². The molecule has 1 aromatic carbocycles. The van der Waals surface area contributed by atoms with Crippen molar-refractivity contribution < 1.29 is 13.5 Å². The third kappa shape index (κ3) is 3.85. The number of ether oxygens (including phenoxy) is 1. The first-order valence-electron chi connectivity index (χ1n) is 11.9. The van der Waals surface area contributed by atoms with Crippen LogP contribution in [0.3, 0.4) is 0 Å². The van der Waals surface area contributed by atoms with Crippen LogP contribution in [0.1, 0.15) is 66.3 Å². The second-order valence-corrected chi connectivity index (χ2v) is 9.40. The standard InChI is InChI=1S/C26H22F2N6O2/c1-14-23(28)26(35)33-13-21(32-24(25(33)31-14)19-5-2-15(10-29)8-20(19)27)16-6-7-36-22(9-16)17-11-30-34(12-17)18-3-4-18/h2,5,8,11-13,16,18,22H,3-4,6-7,9H2,1H3/t16-,22+/m1/s1. The van der Waals surface area contributed by atoms with Gasteiger partial charge in [0.15, 0.2) is 5.65 Å². The highest BCUT2D eigenvalue weighted by atomic mass is 19.1. The molecule has 182 valence electrons. The molecule has 0 bridgehead atoms. The van der Waals surface area contributed by atoms with Gasteiger partial charge in [0.1, 0.15) is 11.5 Å². The minimum atomic E-state index is -0.965. The Hall–Kier alpha value is -3.97. The van der Waals surface area contributed by atoms with E-state index in [1.54, 1.807) is 0 Å². The molecular weight excluding hydrogens is 466 g/mol. The topological polar surface area (TPSA) is 98.1 Å². The Morgan fingerprint density at radius 2 is 2.00 bits per heavy atom. The number of aryl methyl sites for hydroxylation is 1. The molecule has 10 heteroatoms. The van der Waals surface area contributed by atoms with Crippen molar-refractivity contribution in [2.45, 2.75) is 50.7 Å². The van der Waals surface area contributed by atoms with E-state index in [0.717, 1.165) is 28.9 Å².